The van der Waals surface area contributed by atoms with Crippen molar-refractivity contribution in [1.29, 1.82) is 0 Å². The second-order valence-corrected chi connectivity index (χ2v) is 9.68. The van der Waals surface area contributed by atoms with E-state index in [1.165, 1.54) is 5.56 Å². The quantitative estimate of drug-likeness (QED) is 0.491. The van der Waals surface area contributed by atoms with Crippen molar-refractivity contribution in [2.75, 3.05) is 25.0 Å². The molecule has 174 valence electrons. The summed E-state index contributed by atoms with van der Waals surface area (Å²) in [5.41, 5.74) is 8.73. The van der Waals surface area contributed by atoms with E-state index in [9.17, 15) is 9.59 Å². The first-order chi connectivity index (χ1) is 15.8. The van der Waals surface area contributed by atoms with Crippen molar-refractivity contribution in [1.82, 2.24) is 14.9 Å². The van der Waals surface area contributed by atoms with Gasteiger partial charge in [0, 0.05) is 24.6 Å². The number of hydrogen-bond donors (Lipinski definition) is 3. The molecule has 2 heterocycles. The molecule has 2 aromatic carbocycles. The number of nitrogens with two attached hydrogens (primary N) is 1. The number of imidazole rings is 1. The van der Waals surface area contributed by atoms with Crippen LogP contribution < -0.4 is 11.1 Å². The zero-order valence-electron chi connectivity index (χ0n) is 19.4. The molecule has 1 saturated heterocycles. The van der Waals surface area contributed by atoms with Crippen molar-refractivity contribution >= 4 is 28.5 Å². The largest absolute Gasteiger partial charge is 0.369 e. The van der Waals surface area contributed by atoms with Gasteiger partial charge in [0.05, 0.1) is 16.4 Å². The first-order valence-electron chi connectivity index (χ1n) is 11.7. The summed E-state index contributed by atoms with van der Waals surface area (Å²) in [6, 6.07) is 15.9. The van der Waals surface area contributed by atoms with E-state index in [1.54, 1.807) is 0 Å². The Morgan fingerprint density at radius 3 is 2.48 bits per heavy atom. The van der Waals surface area contributed by atoms with Crippen LogP contribution in [-0.4, -0.2) is 46.3 Å². The number of para-hydroxylation sites is 2. The number of rotatable bonds is 8. The number of anilines is 1. The molecule has 1 aliphatic heterocycles. The lowest BCUT2D eigenvalue weighted by Gasteiger charge is -2.30. The smallest absolute Gasteiger partial charge is 0.230 e. The molecule has 3 aromatic rings. The number of amides is 2. The number of primary amides is 1. The molecule has 7 nitrogen and oxygen atoms in total. The highest BCUT2D eigenvalue weighted by Crippen LogP contribution is 2.25. The van der Waals surface area contributed by atoms with Crippen LogP contribution in [0.25, 0.3) is 11.0 Å². The summed E-state index contributed by atoms with van der Waals surface area (Å²) in [5.74, 6) is 0.632. The van der Waals surface area contributed by atoms with Crippen LogP contribution in [0.5, 0.6) is 0 Å². The lowest BCUT2D eigenvalue weighted by atomic mass is 9.88. The molecular weight excluding hydrogens is 414 g/mol. The molecule has 0 spiro atoms. The second kappa shape index (κ2) is 9.75. The number of hydrogen-bond acceptors (Lipinski definition) is 4. The van der Waals surface area contributed by atoms with Crippen molar-refractivity contribution < 1.29 is 9.59 Å². The van der Waals surface area contributed by atoms with Crippen molar-refractivity contribution in [3.05, 3.63) is 59.9 Å². The molecule has 0 saturated carbocycles. The minimum absolute atomic E-state index is 0.0280. The van der Waals surface area contributed by atoms with E-state index in [-0.39, 0.29) is 17.7 Å². The van der Waals surface area contributed by atoms with Gasteiger partial charge in [0.25, 0.3) is 0 Å². The fraction of sp³-hybridized carbons (Fsp3) is 0.423. The van der Waals surface area contributed by atoms with Gasteiger partial charge in [-0.3, -0.25) is 9.59 Å². The van der Waals surface area contributed by atoms with Crippen LogP contribution in [0.4, 0.5) is 5.69 Å². The number of benzene rings is 2. The molecule has 0 atom stereocenters. The number of carbonyl (C=O) groups is 2. The van der Waals surface area contributed by atoms with Crippen LogP contribution in [0.1, 0.15) is 38.1 Å². The third kappa shape index (κ3) is 5.79. The summed E-state index contributed by atoms with van der Waals surface area (Å²) in [5, 5.41) is 3.05. The van der Waals surface area contributed by atoms with Crippen molar-refractivity contribution in [2.24, 2.45) is 17.1 Å². The number of aromatic amines is 1. The molecule has 4 rings (SSSR count). The monoisotopic (exact) mass is 447 g/mol. The molecule has 33 heavy (non-hydrogen) atoms. The van der Waals surface area contributed by atoms with E-state index in [2.05, 4.69) is 32.3 Å². The van der Waals surface area contributed by atoms with Crippen molar-refractivity contribution in [2.45, 2.75) is 39.5 Å². The minimum Gasteiger partial charge on any atom is -0.369 e. The summed E-state index contributed by atoms with van der Waals surface area (Å²) in [6.07, 6.45) is 3.17. The number of H-pyrrole nitrogens is 1. The van der Waals surface area contributed by atoms with E-state index in [0.717, 1.165) is 61.4 Å². The number of fused-ring (bicyclic) bond motifs is 1. The number of nitrogens with zero attached hydrogens (tertiary/aromatic N) is 2. The Balaban J connectivity index is 1.28. The topological polar surface area (TPSA) is 104 Å². The summed E-state index contributed by atoms with van der Waals surface area (Å²) >= 11 is 0. The fourth-order valence-electron chi connectivity index (χ4n) is 4.37. The SMILES string of the molecule is CC(C)(Cc1nc2ccccc2[nH]1)C(=O)Nc1ccc(CCN2CCC(C(N)=O)CC2)cc1. The minimum atomic E-state index is -0.608. The molecule has 0 aliphatic carbocycles. The normalized spacial score (nSPS) is 15.6. The molecule has 7 heteroatoms. The number of aromatic nitrogens is 2. The van der Waals surface area contributed by atoms with Crippen LogP contribution in [0, 0.1) is 11.3 Å². The third-order valence-corrected chi connectivity index (χ3v) is 6.58. The van der Waals surface area contributed by atoms with Gasteiger partial charge in [0.2, 0.25) is 11.8 Å². The van der Waals surface area contributed by atoms with Gasteiger partial charge in [0.15, 0.2) is 0 Å². The average Bonchev–Trinajstić information content (AvgIpc) is 3.20. The first kappa shape index (κ1) is 23.0. The van der Waals surface area contributed by atoms with Crippen LogP contribution >= 0.6 is 0 Å². The Morgan fingerprint density at radius 2 is 1.82 bits per heavy atom. The number of piperidine rings is 1. The van der Waals surface area contributed by atoms with Gasteiger partial charge in [-0.05, 0) is 62.2 Å². The molecule has 0 unspecified atom stereocenters. The maximum absolute atomic E-state index is 13.0. The van der Waals surface area contributed by atoms with Gasteiger partial charge in [-0.1, -0.05) is 38.1 Å². The molecule has 0 radical (unpaired) electrons. The first-order valence-corrected chi connectivity index (χ1v) is 11.7. The van der Waals surface area contributed by atoms with Gasteiger partial charge in [-0.25, -0.2) is 4.98 Å². The van der Waals surface area contributed by atoms with E-state index in [4.69, 9.17) is 5.73 Å². The van der Waals surface area contributed by atoms with E-state index >= 15 is 0 Å². The summed E-state index contributed by atoms with van der Waals surface area (Å²) in [6.45, 7) is 6.67. The van der Waals surface area contributed by atoms with Gasteiger partial charge >= 0.3 is 0 Å². The van der Waals surface area contributed by atoms with E-state index < -0.39 is 5.41 Å². The summed E-state index contributed by atoms with van der Waals surface area (Å²) in [7, 11) is 0. The Hall–Kier alpha value is -3.19. The molecule has 1 fully saturated rings. The zero-order valence-corrected chi connectivity index (χ0v) is 19.4. The van der Waals surface area contributed by atoms with Crippen LogP contribution in [-0.2, 0) is 22.4 Å². The standard InChI is InChI=1S/C26H33N5O2/c1-26(2,17-23-29-21-5-3-4-6-22(21)30-23)25(33)28-20-9-7-18(8-10-20)11-14-31-15-12-19(13-16-31)24(27)32/h3-10,19H,11-17H2,1-2H3,(H2,27,32)(H,28,33)(H,29,30). The maximum Gasteiger partial charge on any atom is 0.230 e. The maximum atomic E-state index is 13.0. The molecule has 4 N–H and O–H groups in total. The van der Waals surface area contributed by atoms with Gasteiger partial charge in [0.1, 0.15) is 5.82 Å². The highest BCUT2D eigenvalue weighted by Gasteiger charge is 2.29. The Morgan fingerprint density at radius 1 is 1.12 bits per heavy atom. The van der Waals surface area contributed by atoms with Gasteiger partial charge < -0.3 is 20.9 Å². The lowest BCUT2D eigenvalue weighted by Crippen LogP contribution is -2.39. The Labute approximate surface area is 194 Å². The molecule has 1 aromatic heterocycles. The van der Waals surface area contributed by atoms with Crippen LogP contribution in [0.15, 0.2) is 48.5 Å². The van der Waals surface area contributed by atoms with Crippen molar-refractivity contribution in [3.63, 3.8) is 0 Å². The average molecular weight is 448 g/mol. The molecule has 2 amide bonds. The highest BCUT2D eigenvalue weighted by atomic mass is 16.2. The van der Waals surface area contributed by atoms with Crippen molar-refractivity contribution in [3.8, 4) is 0 Å². The highest BCUT2D eigenvalue weighted by molar-refractivity contribution is 5.95. The predicted octanol–water partition coefficient (Wildman–Crippen LogP) is 3.51. The number of carbonyl (C=O) groups excluding carboxylic acids is 2. The number of likely N-dealkylation sites (tertiary alicyclic amines) is 1. The molecular formula is C26H33N5O2. The van der Waals surface area contributed by atoms with Crippen LogP contribution in [0.2, 0.25) is 0 Å². The fourth-order valence-corrected chi connectivity index (χ4v) is 4.37. The molecule has 1 aliphatic rings. The lowest BCUT2D eigenvalue weighted by molar-refractivity contribution is -0.124. The van der Waals surface area contributed by atoms with E-state index in [1.807, 2.05) is 50.2 Å². The number of nitrogens with one attached hydrogen (secondary N) is 2. The predicted molar refractivity (Wildman–Crippen MR) is 131 cm³/mol. The summed E-state index contributed by atoms with van der Waals surface area (Å²) < 4.78 is 0. The third-order valence-electron chi connectivity index (χ3n) is 6.58. The molecule has 0 bridgehead atoms. The second-order valence-electron chi connectivity index (χ2n) is 9.68. The Bertz CT molecular complexity index is 1080. The van der Waals surface area contributed by atoms with Crippen LogP contribution in [0.3, 0.4) is 0 Å². The van der Waals surface area contributed by atoms with Gasteiger partial charge in [-0.15, -0.1) is 0 Å². The van der Waals surface area contributed by atoms with Gasteiger partial charge in [-0.2, -0.15) is 0 Å². The Kier molecular flexibility index (Phi) is 6.79. The zero-order chi connectivity index (χ0) is 23.4. The summed E-state index contributed by atoms with van der Waals surface area (Å²) in [4.78, 5) is 34.6. The van der Waals surface area contributed by atoms with E-state index in [0.29, 0.717) is 6.42 Å².